The number of aliphatic hydroxyl groups excluding tert-OH is 1. The number of methoxy groups -OCH3 is 1. The Morgan fingerprint density at radius 3 is 2.67 bits per heavy atom. The van der Waals surface area contributed by atoms with Gasteiger partial charge in [-0.05, 0) is 0 Å². The molecule has 0 unspecified atom stereocenters. The van der Waals surface area contributed by atoms with Crippen LogP contribution >= 0.6 is 0 Å². The summed E-state index contributed by atoms with van der Waals surface area (Å²) in [6.07, 6.45) is 0. The van der Waals surface area contributed by atoms with E-state index in [1.54, 1.807) is 7.11 Å². The van der Waals surface area contributed by atoms with Crippen LogP contribution < -0.4 is 10.6 Å². The summed E-state index contributed by atoms with van der Waals surface area (Å²) >= 11 is 0. The Kier molecular flexibility index (Phi) is 7.29. The number of hydrogen-bond acceptors (Lipinski definition) is 4. The van der Waals surface area contributed by atoms with E-state index in [0.29, 0.717) is 19.7 Å². The second kappa shape index (κ2) is 7.62. The summed E-state index contributed by atoms with van der Waals surface area (Å²) in [5.74, 6) is -0.0624. The lowest BCUT2D eigenvalue weighted by atomic mass is 9.95. The molecule has 0 saturated heterocycles. The minimum absolute atomic E-state index is 0.0599. The van der Waals surface area contributed by atoms with Crippen molar-refractivity contribution in [1.82, 2.24) is 10.6 Å². The van der Waals surface area contributed by atoms with Crippen molar-refractivity contribution in [2.45, 2.75) is 13.8 Å². The van der Waals surface area contributed by atoms with Crippen LogP contribution in [0.4, 0.5) is 0 Å². The van der Waals surface area contributed by atoms with Gasteiger partial charge >= 0.3 is 0 Å². The molecule has 0 aliphatic heterocycles. The van der Waals surface area contributed by atoms with Crippen molar-refractivity contribution in [2.24, 2.45) is 5.41 Å². The molecule has 0 aromatic heterocycles. The molecule has 0 bridgehead atoms. The molecule has 15 heavy (non-hydrogen) atoms. The van der Waals surface area contributed by atoms with Crippen LogP contribution in [0.5, 0.6) is 0 Å². The van der Waals surface area contributed by atoms with Crippen molar-refractivity contribution in [2.75, 3.05) is 40.0 Å². The third kappa shape index (κ3) is 8.35. The fraction of sp³-hybridized carbons (Fsp3) is 0.900. The summed E-state index contributed by atoms with van der Waals surface area (Å²) in [5.41, 5.74) is -0.262. The Labute approximate surface area is 91.2 Å². The van der Waals surface area contributed by atoms with Gasteiger partial charge in [0.25, 0.3) is 0 Å². The molecule has 0 fully saturated rings. The number of hydrogen-bond donors (Lipinski definition) is 3. The van der Waals surface area contributed by atoms with Gasteiger partial charge in [0, 0.05) is 32.2 Å². The van der Waals surface area contributed by atoms with Gasteiger partial charge in [-0.15, -0.1) is 0 Å². The first-order valence-corrected chi connectivity index (χ1v) is 5.09. The molecule has 0 spiro atoms. The molecule has 0 radical (unpaired) electrons. The lowest BCUT2D eigenvalue weighted by Crippen LogP contribution is -2.41. The smallest absolute Gasteiger partial charge is 0.233 e. The van der Waals surface area contributed by atoms with Gasteiger partial charge in [-0.2, -0.15) is 0 Å². The highest BCUT2D eigenvalue weighted by molar-refractivity contribution is 5.77. The van der Waals surface area contributed by atoms with Gasteiger partial charge in [-0.1, -0.05) is 13.8 Å². The normalized spacial score (nSPS) is 11.5. The zero-order valence-electron chi connectivity index (χ0n) is 9.80. The first kappa shape index (κ1) is 14.3. The zero-order valence-corrected chi connectivity index (χ0v) is 9.80. The van der Waals surface area contributed by atoms with Gasteiger partial charge in [-0.25, -0.2) is 0 Å². The van der Waals surface area contributed by atoms with E-state index in [4.69, 9.17) is 9.84 Å². The van der Waals surface area contributed by atoms with Gasteiger partial charge in [0.1, 0.15) is 0 Å². The van der Waals surface area contributed by atoms with Gasteiger partial charge in [0.2, 0.25) is 5.91 Å². The molecule has 0 heterocycles. The van der Waals surface area contributed by atoms with E-state index in [1.807, 2.05) is 13.8 Å². The molecule has 0 aliphatic carbocycles. The van der Waals surface area contributed by atoms with Crippen LogP contribution in [-0.2, 0) is 9.53 Å². The maximum atomic E-state index is 11.3. The number of amides is 1. The van der Waals surface area contributed by atoms with E-state index < -0.39 is 0 Å². The SMILES string of the molecule is COCCNCC(=O)NCC(C)(C)CO. The topological polar surface area (TPSA) is 70.6 Å². The van der Waals surface area contributed by atoms with E-state index in [-0.39, 0.29) is 24.5 Å². The summed E-state index contributed by atoms with van der Waals surface area (Å²) in [4.78, 5) is 11.3. The summed E-state index contributed by atoms with van der Waals surface area (Å²) in [5, 5.41) is 14.7. The lowest BCUT2D eigenvalue weighted by molar-refractivity contribution is -0.120. The number of aliphatic hydroxyl groups is 1. The third-order valence-electron chi connectivity index (χ3n) is 1.96. The molecule has 5 nitrogen and oxygen atoms in total. The van der Waals surface area contributed by atoms with E-state index in [9.17, 15) is 4.79 Å². The highest BCUT2D eigenvalue weighted by Gasteiger charge is 2.16. The Morgan fingerprint density at radius 2 is 2.13 bits per heavy atom. The monoisotopic (exact) mass is 218 g/mol. The predicted molar refractivity (Wildman–Crippen MR) is 58.6 cm³/mol. The Bertz CT molecular complexity index is 184. The van der Waals surface area contributed by atoms with Crippen LogP contribution in [0.3, 0.4) is 0 Å². The summed E-state index contributed by atoms with van der Waals surface area (Å²) < 4.78 is 4.83. The van der Waals surface area contributed by atoms with Crippen molar-refractivity contribution >= 4 is 5.91 Å². The Morgan fingerprint density at radius 1 is 1.47 bits per heavy atom. The molecule has 0 aliphatic rings. The van der Waals surface area contributed by atoms with Gasteiger partial charge < -0.3 is 20.5 Å². The molecular weight excluding hydrogens is 196 g/mol. The van der Waals surface area contributed by atoms with Crippen molar-refractivity contribution in [3.8, 4) is 0 Å². The minimum Gasteiger partial charge on any atom is -0.396 e. The fourth-order valence-corrected chi connectivity index (χ4v) is 0.832. The quantitative estimate of drug-likeness (QED) is 0.474. The molecule has 0 aromatic rings. The Balaban J connectivity index is 3.49. The standard InChI is InChI=1S/C10H22N2O3/c1-10(2,8-13)7-12-9(14)6-11-4-5-15-3/h11,13H,4-8H2,1-3H3,(H,12,14). The van der Waals surface area contributed by atoms with Crippen LogP contribution in [0.15, 0.2) is 0 Å². The first-order valence-electron chi connectivity index (χ1n) is 5.09. The summed E-state index contributed by atoms with van der Waals surface area (Å²) in [6.45, 7) is 5.86. The molecular formula is C10H22N2O3. The van der Waals surface area contributed by atoms with Crippen LogP contribution in [0.1, 0.15) is 13.8 Å². The minimum atomic E-state index is -0.262. The number of rotatable bonds is 8. The van der Waals surface area contributed by atoms with Crippen molar-refractivity contribution in [3.63, 3.8) is 0 Å². The molecule has 1 amide bonds. The Hall–Kier alpha value is -0.650. The van der Waals surface area contributed by atoms with Crippen LogP contribution in [0.2, 0.25) is 0 Å². The zero-order chi connectivity index (χ0) is 11.7. The number of nitrogens with one attached hydrogen (secondary N) is 2. The second-order valence-corrected chi connectivity index (χ2v) is 4.27. The van der Waals surface area contributed by atoms with Crippen molar-refractivity contribution in [3.05, 3.63) is 0 Å². The highest BCUT2D eigenvalue weighted by atomic mass is 16.5. The molecule has 5 heteroatoms. The highest BCUT2D eigenvalue weighted by Crippen LogP contribution is 2.10. The van der Waals surface area contributed by atoms with Crippen LogP contribution in [0.25, 0.3) is 0 Å². The molecule has 3 N–H and O–H groups in total. The van der Waals surface area contributed by atoms with Gasteiger partial charge in [-0.3, -0.25) is 4.79 Å². The van der Waals surface area contributed by atoms with Gasteiger partial charge in [0.05, 0.1) is 13.2 Å². The number of carbonyl (C=O) groups is 1. The summed E-state index contributed by atoms with van der Waals surface area (Å²) in [7, 11) is 1.62. The number of ether oxygens (including phenoxy) is 1. The second-order valence-electron chi connectivity index (χ2n) is 4.27. The average Bonchev–Trinajstić information content (AvgIpc) is 2.22. The molecule has 0 aromatic carbocycles. The van der Waals surface area contributed by atoms with E-state index in [2.05, 4.69) is 10.6 Å². The van der Waals surface area contributed by atoms with Crippen molar-refractivity contribution in [1.29, 1.82) is 0 Å². The molecule has 0 saturated carbocycles. The van der Waals surface area contributed by atoms with Crippen LogP contribution in [0, 0.1) is 5.41 Å². The largest absolute Gasteiger partial charge is 0.396 e. The maximum absolute atomic E-state index is 11.3. The fourth-order valence-electron chi connectivity index (χ4n) is 0.832. The number of carbonyl (C=O) groups excluding carboxylic acids is 1. The van der Waals surface area contributed by atoms with E-state index in [1.165, 1.54) is 0 Å². The van der Waals surface area contributed by atoms with Crippen LogP contribution in [-0.4, -0.2) is 51.0 Å². The van der Waals surface area contributed by atoms with E-state index in [0.717, 1.165) is 0 Å². The maximum Gasteiger partial charge on any atom is 0.233 e. The van der Waals surface area contributed by atoms with Gasteiger partial charge in [0.15, 0.2) is 0 Å². The summed E-state index contributed by atoms with van der Waals surface area (Å²) in [6, 6.07) is 0. The molecule has 90 valence electrons. The van der Waals surface area contributed by atoms with E-state index >= 15 is 0 Å². The molecule has 0 rings (SSSR count). The third-order valence-corrected chi connectivity index (χ3v) is 1.96. The first-order chi connectivity index (χ1) is 7.02. The lowest BCUT2D eigenvalue weighted by Gasteiger charge is -2.21. The average molecular weight is 218 g/mol. The van der Waals surface area contributed by atoms with Crippen molar-refractivity contribution < 1.29 is 14.6 Å². The molecule has 0 atom stereocenters. The predicted octanol–water partition coefficient (Wildman–Crippen LogP) is -0.643.